The molecule has 2 unspecified atom stereocenters. The SMILES string of the molecule is C=C1C=CN(COCC[Si](C)(C)C)C(=O)C1C(C)Cl. The third-order valence-electron chi connectivity index (χ3n) is 3.10. The van der Waals surface area contributed by atoms with Crippen LogP contribution in [-0.4, -0.2) is 37.6 Å². The second-order valence-corrected chi connectivity index (χ2v) is 12.5. The van der Waals surface area contributed by atoms with E-state index in [1.165, 1.54) is 0 Å². The lowest BCUT2D eigenvalue weighted by molar-refractivity contribution is -0.136. The lowest BCUT2D eigenvalue weighted by atomic mass is 9.93. The van der Waals surface area contributed by atoms with Gasteiger partial charge in [0.25, 0.3) is 0 Å². The summed E-state index contributed by atoms with van der Waals surface area (Å²) in [6.45, 7) is 13.6. The van der Waals surface area contributed by atoms with Crippen LogP contribution in [-0.2, 0) is 9.53 Å². The molecule has 0 aromatic carbocycles. The van der Waals surface area contributed by atoms with Gasteiger partial charge in [-0.3, -0.25) is 9.69 Å². The third-order valence-corrected chi connectivity index (χ3v) is 5.06. The molecular formula is C14H24ClNO2Si. The van der Waals surface area contributed by atoms with Gasteiger partial charge in [-0.2, -0.15) is 0 Å². The molecule has 0 radical (unpaired) electrons. The summed E-state index contributed by atoms with van der Waals surface area (Å²) in [7, 11) is -1.09. The first-order valence-electron chi connectivity index (χ1n) is 6.61. The van der Waals surface area contributed by atoms with Crippen LogP contribution in [0.15, 0.2) is 24.4 Å². The largest absolute Gasteiger partial charge is 0.361 e. The molecule has 2 atom stereocenters. The number of hydrogen-bond acceptors (Lipinski definition) is 2. The van der Waals surface area contributed by atoms with Gasteiger partial charge in [0.2, 0.25) is 5.91 Å². The number of nitrogens with zero attached hydrogens (tertiary/aromatic N) is 1. The van der Waals surface area contributed by atoms with Crippen molar-refractivity contribution in [2.24, 2.45) is 5.92 Å². The van der Waals surface area contributed by atoms with E-state index in [4.69, 9.17) is 16.3 Å². The van der Waals surface area contributed by atoms with Gasteiger partial charge >= 0.3 is 0 Å². The molecular weight excluding hydrogens is 278 g/mol. The summed E-state index contributed by atoms with van der Waals surface area (Å²) in [5, 5.41) is -0.255. The maximum absolute atomic E-state index is 12.2. The summed E-state index contributed by atoms with van der Waals surface area (Å²) in [5.74, 6) is -0.365. The first-order chi connectivity index (χ1) is 8.72. The molecule has 0 aromatic heterocycles. The van der Waals surface area contributed by atoms with Crippen molar-refractivity contribution < 1.29 is 9.53 Å². The van der Waals surface area contributed by atoms with Gasteiger partial charge in [-0.25, -0.2) is 0 Å². The minimum Gasteiger partial charge on any atom is -0.361 e. The van der Waals surface area contributed by atoms with Crippen LogP contribution in [0.3, 0.4) is 0 Å². The average Bonchev–Trinajstić information content (AvgIpc) is 2.25. The highest BCUT2D eigenvalue weighted by Gasteiger charge is 2.31. The highest BCUT2D eigenvalue weighted by molar-refractivity contribution is 6.76. The Morgan fingerprint density at radius 1 is 1.53 bits per heavy atom. The van der Waals surface area contributed by atoms with Crippen molar-refractivity contribution in [2.45, 2.75) is 38.0 Å². The average molecular weight is 302 g/mol. The van der Waals surface area contributed by atoms with E-state index in [9.17, 15) is 4.79 Å². The summed E-state index contributed by atoms with van der Waals surface area (Å²) in [6.07, 6.45) is 3.57. The summed E-state index contributed by atoms with van der Waals surface area (Å²) in [6, 6.07) is 1.10. The van der Waals surface area contributed by atoms with E-state index in [1.807, 2.05) is 13.0 Å². The van der Waals surface area contributed by atoms with Crippen molar-refractivity contribution >= 4 is 25.6 Å². The predicted octanol–water partition coefficient (Wildman–Crippen LogP) is 3.45. The zero-order valence-corrected chi connectivity index (χ0v) is 14.0. The van der Waals surface area contributed by atoms with Gasteiger partial charge in [-0.15, -0.1) is 11.6 Å². The maximum atomic E-state index is 12.2. The molecule has 0 saturated carbocycles. The molecule has 0 N–H and O–H groups in total. The number of rotatable bonds is 6. The normalized spacial score (nSPS) is 21.9. The van der Waals surface area contributed by atoms with Crippen LogP contribution in [0.5, 0.6) is 0 Å². The van der Waals surface area contributed by atoms with E-state index >= 15 is 0 Å². The van der Waals surface area contributed by atoms with Gasteiger partial charge in [-0.05, 0) is 24.6 Å². The Balaban J connectivity index is 2.49. The number of alkyl halides is 1. The van der Waals surface area contributed by atoms with E-state index < -0.39 is 8.07 Å². The topological polar surface area (TPSA) is 29.5 Å². The Kier molecular flexibility index (Phi) is 5.83. The van der Waals surface area contributed by atoms with Crippen LogP contribution in [0.1, 0.15) is 6.92 Å². The van der Waals surface area contributed by atoms with Crippen LogP contribution in [0.2, 0.25) is 25.7 Å². The summed E-state index contributed by atoms with van der Waals surface area (Å²) in [4.78, 5) is 13.8. The molecule has 0 saturated heterocycles. The van der Waals surface area contributed by atoms with Crippen molar-refractivity contribution in [1.29, 1.82) is 0 Å². The Labute approximate surface area is 122 Å². The van der Waals surface area contributed by atoms with Crippen molar-refractivity contribution in [3.8, 4) is 0 Å². The first kappa shape index (κ1) is 16.5. The van der Waals surface area contributed by atoms with Crippen molar-refractivity contribution in [2.75, 3.05) is 13.3 Å². The smallest absolute Gasteiger partial charge is 0.237 e. The summed E-state index contributed by atoms with van der Waals surface area (Å²) < 4.78 is 5.60. The van der Waals surface area contributed by atoms with Crippen molar-refractivity contribution in [3.05, 3.63) is 24.4 Å². The molecule has 0 spiro atoms. The van der Waals surface area contributed by atoms with Gasteiger partial charge in [0, 0.05) is 26.3 Å². The van der Waals surface area contributed by atoms with Crippen LogP contribution in [0, 0.1) is 5.92 Å². The van der Waals surface area contributed by atoms with Crippen LogP contribution >= 0.6 is 11.6 Å². The highest BCUT2D eigenvalue weighted by atomic mass is 35.5. The molecule has 1 aliphatic rings. The van der Waals surface area contributed by atoms with Crippen LogP contribution in [0.25, 0.3) is 0 Å². The fourth-order valence-corrected chi connectivity index (χ4v) is 2.87. The summed E-state index contributed by atoms with van der Waals surface area (Å²) in [5.41, 5.74) is 0.769. The number of amides is 1. The second-order valence-electron chi connectivity index (χ2n) is 6.20. The Bertz CT molecular complexity index is 374. The van der Waals surface area contributed by atoms with E-state index in [0.29, 0.717) is 13.3 Å². The third kappa shape index (κ3) is 5.13. The quantitative estimate of drug-likeness (QED) is 0.427. The Hall–Kier alpha value is -0.583. The van der Waals surface area contributed by atoms with Crippen LogP contribution < -0.4 is 0 Å². The molecule has 1 aliphatic heterocycles. The van der Waals surface area contributed by atoms with Gasteiger partial charge in [-0.1, -0.05) is 26.2 Å². The monoisotopic (exact) mass is 301 g/mol. The summed E-state index contributed by atoms with van der Waals surface area (Å²) >= 11 is 6.06. The molecule has 19 heavy (non-hydrogen) atoms. The zero-order valence-electron chi connectivity index (χ0n) is 12.3. The minimum atomic E-state index is -1.09. The maximum Gasteiger partial charge on any atom is 0.237 e. The van der Waals surface area contributed by atoms with Gasteiger partial charge in [0.05, 0.1) is 5.92 Å². The number of allylic oxidation sites excluding steroid dienone is 1. The Morgan fingerprint density at radius 3 is 2.68 bits per heavy atom. The van der Waals surface area contributed by atoms with E-state index in [2.05, 4.69) is 26.2 Å². The molecule has 1 heterocycles. The minimum absolute atomic E-state index is 0.0250. The molecule has 1 amide bonds. The molecule has 0 aliphatic carbocycles. The number of carbonyl (C=O) groups is 1. The molecule has 1 rings (SSSR count). The highest BCUT2D eigenvalue weighted by Crippen LogP contribution is 2.26. The van der Waals surface area contributed by atoms with Gasteiger partial charge < -0.3 is 4.74 Å². The fraction of sp³-hybridized carbons (Fsp3) is 0.643. The number of carbonyl (C=O) groups excluding carboxylic acids is 1. The lowest BCUT2D eigenvalue weighted by Crippen LogP contribution is -2.40. The molecule has 0 bridgehead atoms. The van der Waals surface area contributed by atoms with Gasteiger partial charge in [0.1, 0.15) is 6.73 Å². The standard InChI is InChI=1S/C14H24ClNO2Si/c1-11-6-7-16(14(17)13(11)12(2)15)10-18-8-9-19(3,4)5/h6-7,12-13H,1,8-10H2,2-5H3. The molecule has 0 aromatic rings. The second kappa shape index (κ2) is 6.73. The first-order valence-corrected chi connectivity index (χ1v) is 10.8. The molecule has 108 valence electrons. The number of ether oxygens (including phenoxy) is 1. The van der Waals surface area contributed by atoms with Gasteiger partial charge in [0.15, 0.2) is 0 Å². The van der Waals surface area contributed by atoms with E-state index in [1.54, 1.807) is 11.1 Å². The predicted molar refractivity (Wildman–Crippen MR) is 82.9 cm³/mol. The van der Waals surface area contributed by atoms with Crippen LogP contribution in [0.4, 0.5) is 0 Å². The molecule has 3 nitrogen and oxygen atoms in total. The van der Waals surface area contributed by atoms with Crippen molar-refractivity contribution in [1.82, 2.24) is 4.90 Å². The number of halogens is 1. The zero-order chi connectivity index (χ0) is 14.6. The fourth-order valence-electron chi connectivity index (χ4n) is 1.84. The molecule has 0 fully saturated rings. The lowest BCUT2D eigenvalue weighted by Gasteiger charge is -2.30. The molecule has 5 heteroatoms. The van der Waals surface area contributed by atoms with E-state index in [-0.39, 0.29) is 17.2 Å². The van der Waals surface area contributed by atoms with Crippen molar-refractivity contribution in [3.63, 3.8) is 0 Å². The van der Waals surface area contributed by atoms with E-state index in [0.717, 1.165) is 11.6 Å². The number of hydrogen-bond donors (Lipinski definition) is 0. The Morgan fingerprint density at radius 2 is 2.16 bits per heavy atom.